The zero-order valence-electron chi connectivity index (χ0n) is 9.34. The molecule has 0 aliphatic heterocycles. The van der Waals surface area contributed by atoms with E-state index in [0.29, 0.717) is 17.1 Å². The number of aryl methyl sites for hydroxylation is 1. The maximum atomic E-state index is 13.5. The molecule has 0 unspecified atom stereocenters. The maximum Gasteiger partial charge on any atom is 0.180 e. The van der Waals surface area contributed by atoms with Crippen molar-refractivity contribution >= 4 is 16.5 Å². The van der Waals surface area contributed by atoms with E-state index in [9.17, 15) is 8.78 Å². The van der Waals surface area contributed by atoms with Crippen LogP contribution in [-0.2, 0) is 12.8 Å². The van der Waals surface area contributed by atoms with Crippen molar-refractivity contribution < 1.29 is 8.78 Å². The van der Waals surface area contributed by atoms with Crippen molar-refractivity contribution in [3.05, 3.63) is 46.0 Å². The van der Waals surface area contributed by atoms with Gasteiger partial charge in [-0.1, -0.05) is 6.92 Å². The molecular weight excluding hydrogens is 242 g/mol. The minimum absolute atomic E-state index is 0.335. The van der Waals surface area contributed by atoms with Crippen LogP contribution in [0.5, 0.6) is 0 Å². The van der Waals surface area contributed by atoms with E-state index in [1.807, 2.05) is 6.92 Å². The van der Waals surface area contributed by atoms with E-state index in [4.69, 9.17) is 5.73 Å². The molecule has 0 atom stereocenters. The molecule has 2 nitrogen and oxygen atoms in total. The summed E-state index contributed by atoms with van der Waals surface area (Å²) in [6, 6.07) is 3.46. The van der Waals surface area contributed by atoms with Gasteiger partial charge in [-0.3, -0.25) is 0 Å². The second kappa shape index (κ2) is 4.79. The van der Waals surface area contributed by atoms with Crippen LogP contribution in [0, 0.1) is 11.6 Å². The normalized spacial score (nSPS) is 10.8. The molecule has 0 spiro atoms. The minimum Gasteiger partial charge on any atom is -0.375 e. The lowest BCUT2D eigenvalue weighted by Gasteiger charge is -2.02. The topological polar surface area (TPSA) is 38.9 Å². The van der Waals surface area contributed by atoms with Crippen LogP contribution in [0.25, 0.3) is 0 Å². The van der Waals surface area contributed by atoms with E-state index in [2.05, 4.69) is 4.98 Å². The Morgan fingerprint density at radius 1 is 1.35 bits per heavy atom. The number of anilines is 1. The smallest absolute Gasteiger partial charge is 0.180 e. The van der Waals surface area contributed by atoms with Crippen molar-refractivity contribution in [2.24, 2.45) is 0 Å². The van der Waals surface area contributed by atoms with Crippen molar-refractivity contribution in [2.45, 2.75) is 19.8 Å². The second-order valence-corrected chi connectivity index (χ2v) is 4.80. The molecule has 0 amide bonds. The van der Waals surface area contributed by atoms with Gasteiger partial charge < -0.3 is 5.73 Å². The average Bonchev–Trinajstić information content (AvgIpc) is 2.64. The maximum absolute atomic E-state index is 13.5. The molecule has 0 bridgehead atoms. The summed E-state index contributed by atoms with van der Waals surface area (Å²) in [5, 5.41) is 0.466. The van der Waals surface area contributed by atoms with Crippen LogP contribution in [0.4, 0.5) is 13.9 Å². The lowest BCUT2D eigenvalue weighted by atomic mass is 10.1. The SMILES string of the molecule is CCc1nc(N)sc1Cc1cc(F)ccc1F. The van der Waals surface area contributed by atoms with Crippen molar-refractivity contribution in [1.82, 2.24) is 4.98 Å². The number of nitrogens with zero attached hydrogens (tertiary/aromatic N) is 1. The highest BCUT2D eigenvalue weighted by Gasteiger charge is 2.11. The van der Waals surface area contributed by atoms with Crippen LogP contribution < -0.4 is 5.73 Å². The summed E-state index contributed by atoms with van der Waals surface area (Å²) in [5.41, 5.74) is 6.81. The van der Waals surface area contributed by atoms with Crippen molar-refractivity contribution in [2.75, 3.05) is 5.73 Å². The van der Waals surface area contributed by atoms with Crippen molar-refractivity contribution in [1.29, 1.82) is 0 Å². The predicted molar refractivity (Wildman–Crippen MR) is 65.1 cm³/mol. The molecule has 5 heteroatoms. The molecule has 2 rings (SSSR count). The number of hydrogen-bond acceptors (Lipinski definition) is 3. The zero-order chi connectivity index (χ0) is 12.4. The van der Waals surface area contributed by atoms with Crippen LogP contribution in [0.1, 0.15) is 23.1 Å². The average molecular weight is 254 g/mol. The minimum atomic E-state index is -0.433. The molecule has 2 aromatic rings. The summed E-state index contributed by atoms with van der Waals surface area (Å²) in [6.07, 6.45) is 1.07. The van der Waals surface area contributed by atoms with Crippen molar-refractivity contribution in [3.63, 3.8) is 0 Å². The first-order chi connectivity index (χ1) is 8.10. The van der Waals surface area contributed by atoms with Gasteiger partial charge in [0.15, 0.2) is 5.13 Å². The van der Waals surface area contributed by atoms with Gasteiger partial charge in [0.25, 0.3) is 0 Å². The van der Waals surface area contributed by atoms with E-state index < -0.39 is 11.6 Å². The van der Waals surface area contributed by atoms with Gasteiger partial charge in [-0.2, -0.15) is 0 Å². The number of halogens is 2. The lowest BCUT2D eigenvalue weighted by molar-refractivity contribution is 0.588. The summed E-state index contributed by atoms with van der Waals surface area (Å²) >= 11 is 1.33. The van der Waals surface area contributed by atoms with Gasteiger partial charge in [-0.05, 0) is 30.2 Å². The molecule has 0 fully saturated rings. The molecule has 90 valence electrons. The summed E-state index contributed by atoms with van der Waals surface area (Å²) in [4.78, 5) is 5.06. The highest BCUT2D eigenvalue weighted by molar-refractivity contribution is 7.15. The third kappa shape index (κ3) is 2.61. The Hall–Kier alpha value is -1.49. The quantitative estimate of drug-likeness (QED) is 0.913. The largest absolute Gasteiger partial charge is 0.375 e. The van der Waals surface area contributed by atoms with E-state index >= 15 is 0 Å². The van der Waals surface area contributed by atoms with Gasteiger partial charge in [0.2, 0.25) is 0 Å². The first kappa shape index (κ1) is 12.0. The Labute approximate surface area is 102 Å². The second-order valence-electron chi connectivity index (χ2n) is 3.69. The van der Waals surface area contributed by atoms with Crippen molar-refractivity contribution in [3.8, 4) is 0 Å². The highest BCUT2D eigenvalue weighted by Crippen LogP contribution is 2.25. The van der Waals surface area contributed by atoms with Crippen LogP contribution in [0.15, 0.2) is 18.2 Å². The summed E-state index contributed by atoms with van der Waals surface area (Å²) in [7, 11) is 0. The van der Waals surface area contributed by atoms with Gasteiger partial charge >= 0.3 is 0 Å². The number of thiazole rings is 1. The Morgan fingerprint density at radius 2 is 2.12 bits per heavy atom. The van der Waals surface area contributed by atoms with Gasteiger partial charge in [-0.15, -0.1) is 11.3 Å². The van der Waals surface area contributed by atoms with Crippen LogP contribution >= 0.6 is 11.3 Å². The third-order valence-electron chi connectivity index (χ3n) is 2.49. The first-order valence-corrected chi connectivity index (χ1v) is 6.09. The van der Waals surface area contributed by atoms with Gasteiger partial charge in [0.1, 0.15) is 11.6 Å². The fourth-order valence-corrected chi connectivity index (χ4v) is 2.61. The molecule has 1 aromatic heterocycles. The molecule has 1 aromatic carbocycles. The highest BCUT2D eigenvalue weighted by atomic mass is 32.1. The van der Waals surface area contributed by atoms with E-state index in [0.717, 1.165) is 29.1 Å². The molecule has 0 radical (unpaired) electrons. The summed E-state index contributed by atoms with van der Waals surface area (Å²) in [6.45, 7) is 1.96. The van der Waals surface area contributed by atoms with Crippen LogP contribution in [-0.4, -0.2) is 4.98 Å². The molecule has 1 heterocycles. The van der Waals surface area contributed by atoms with E-state index in [1.54, 1.807) is 0 Å². The number of nitrogen functional groups attached to an aromatic ring is 1. The van der Waals surface area contributed by atoms with Crippen LogP contribution in [0.2, 0.25) is 0 Å². The molecular formula is C12H12F2N2S. The molecule has 0 aliphatic rings. The van der Waals surface area contributed by atoms with Crippen LogP contribution in [0.3, 0.4) is 0 Å². The number of benzene rings is 1. The number of nitrogens with two attached hydrogens (primary N) is 1. The number of hydrogen-bond donors (Lipinski definition) is 1. The molecule has 17 heavy (non-hydrogen) atoms. The molecule has 0 saturated carbocycles. The van der Waals surface area contributed by atoms with E-state index in [1.165, 1.54) is 17.4 Å². The van der Waals surface area contributed by atoms with Gasteiger partial charge in [0.05, 0.1) is 5.69 Å². The molecule has 0 aliphatic carbocycles. The molecule has 0 saturated heterocycles. The Morgan fingerprint density at radius 3 is 2.82 bits per heavy atom. The fraction of sp³-hybridized carbons (Fsp3) is 0.250. The monoisotopic (exact) mass is 254 g/mol. The summed E-state index contributed by atoms with van der Waals surface area (Å²) in [5.74, 6) is -0.836. The molecule has 2 N–H and O–H groups in total. The standard InChI is InChI=1S/C12H12F2N2S/c1-2-10-11(17-12(15)16-10)6-7-5-8(13)3-4-9(7)14/h3-5H,2,6H2,1H3,(H2,15,16). The Balaban J connectivity index is 2.33. The van der Waals surface area contributed by atoms with E-state index in [-0.39, 0.29) is 0 Å². The van der Waals surface area contributed by atoms with Gasteiger partial charge in [0, 0.05) is 11.3 Å². The third-order valence-corrected chi connectivity index (χ3v) is 3.42. The van der Waals surface area contributed by atoms with Gasteiger partial charge in [-0.25, -0.2) is 13.8 Å². The predicted octanol–water partition coefficient (Wildman–Crippen LogP) is 3.16. The zero-order valence-corrected chi connectivity index (χ0v) is 10.2. The number of rotatable bonds is 3. The Kier molecular flexibility index (Phi) is 3.38. The first-order valence-electron chi connectivity index (χ1n) is 5.28. The summed E-state index contributed by atoms with van der Waals surface area (Å²) < 4.78 is 26.5. The lowest BCUT2D eigenvalue weighted by Crippen LogP contribution is -1.95. The Bertz CT molecular complexity index is 537. The number of aromatic nitrogens is 1. The fourth-order valence-electron chi connectivity index (χ4n) is 1.67.